The quantitative estimate of drug-likeness (QED) is 0.229. The summed E-state index contributed by atoms with van der Waals surface area (Å²) in [7, 11) is 0. The van der Waals surface area contributed by atoms with E-state index in [1.165, 1.54) is 5.56 Å². The fourth-order valence-electron chi connectivity index (χ4n) is 3.74. The molecule has 4 aromatic rings. The Morgan fingerprint density at radius 3 is 2.36 bits per heavy atom. The molecule has 0 saturated heterocycles. The average Bonchev–Trinajstić information content (AvgIpc) is 3.41. The Kier molecular flexibility index (Phi) is 8.13. The Hall–Kier alpha value is -4.39. The summed E-state index contributed by atoms with van der Waals surface area (Å²) < 4.78 is 5.87. The van der Waals surface area contributed by atoms with Crippen LogP contribution in [0.5, 0.6) is 5.75 Å². The van der Waals surface area contributed by atoms with Crippen molar-refractivity contribution >= 4 is 17.8 Å². The number of aromatic nitrogens is 2. The molecule has 0 aliphatic rings. The van der Waals surface area contributed by atoms with E-state index in [-0.39, 0.29) is 5.91 Å². The predicted molar refractivity (Wildman–Crippen MR) is 145 cm³/mol. The maximum absolute atomic E-state index is 12.5. The SMILES string of the molecule is CCN(CC)c1ccc(/C=N\NC(=O)c2cc(-c3ccc(OCc4ccc(C)cc4)cc3)n[nH]2)cc1. The molecule has 1 aromatic heterocycles. The molecule has 0 aliphatic heterocycles. The molecule has 2 N–H and O–H groups in total. The fourth-order valence-corrected chi connectivity index (χ4v) is 3.74. The molecule has 7 nitrogen and oxygen atoms in total. The van der Waals surface area contributed by atoms with E-state index in [9.17, 15) is 4.79 Å². The maximum atomic E-state index is 12.5. The number of aryl methyl sites for hydroxylation is 1. The number of aromatic amines is 1. The lowest BCUT2D eigenvalue weighted by molar-refractivity contribution is 0.0950. The van der Waals surface area contributed by atoms with Gasteiger partial charge in [-0.3, -0.25) is 9.89 Å². The number of H-pyrrole nitrogens is 1. The van der Waals surface area contributed by atoms with E-state index >= 15 is 0 Å². The number of benzene rings is 3. The molecule has 0 radical (unpaired) electrons. The second-order valence-electron chi connectivity index (χ2n) is 8.43. The number of nitrogens with zero attached hydrogens (tertiary/aromatic N) is 3. The molecular formula is C29H31N5O2. The van der Waals surface area contributed by atoms with Crippen molar-refractivity contribution in [3.63, 3.8) is 0 Å². The number of carbonyl (C=O) groups excluding carboxylic acids is 1. The third-order valence-corrected chi connectivity index (χ3v) is 5.90. The van der Waals surface area contributed by atoms with Crippen molar-refractivity contribution in [1.29, 1.82) is 0 Å². The van der Waals surface area contributed by atoms with Crippen LogP contribution in [0, 0.1) is 6.92 Å². The largest absolute Gasteiger partial charge is 0.489 e. The first-order valence-corrected chi connectivity index (χ1v) is 12.1. The topological polar surface area (TPSA) is 82.6 Å². The van der Waals surface area contributed by atoms with Crippen LogP contribution in [0.25, 0.3) is 11.3 Å². The Labute approximate surface area is 211 Å². The Balaban J connectivity index is 1.30. The van der Waals surface area contributed by atoms with Gasteiger partial charge in [0, 0.05) is 24.3 Å². The number of nitrogens with one attached hydrogen (secondary N) is 2. The normalized spacial score (nSPS) is 11.0. The Morgan fingerprint density at radius 1 is 1.00 bits per heavy atom. The minimum atomic E-state index is -0.359. The van der Waals surface area contributed by atoms with Crippen LogP contribution in [0.15, 0.2) is 84.0 Å². The van der Waals surface area contributed by atoms with E-state index in [0.29, 0.717) is 18.0 Å². The Bertz CT molecular complexity index is 1290. The van der Waals surface area contributed by atoms with Crippen LogP contribution in [0.2, 0.25) is 0 Å². The summed E-state index contributed by atoms with van der Waals surface area (Å²) in [5, 5.41) is 11.1. The molecular weight excluding hydrogens is 450 g/mol. The van der Waals surface area contributed by atoms with E-state index < -0.39 is 0 Å². The van der Waals surface area contributed by atoms with Crippen molar-refractivity contribution in [2.45, 2.75) is 27.4 Å². The average molecular weight is 482 g/mol. The summed E-state index contributed by atoms with van der Waals surface area (Å²) in [6, 6.07) is 25.7. The van der Waals surface area contributed by atoms with Crippen molar-refractivity contribution in [2.24, 2.45) is 5.10 Å². The van der Waals surface area contributed by atoms with Crippen molar-refractivity contribution in [1.82, 2.24) is 15.6 Å². The first-order chi connectivity index (χ1) is 17.6. The molecule has 0 fully saturated rings. The first-order valence-electron chi connectivity index (χ1n) is 12.1. The molecule has 1 heterocycles. The second kappa shape index (κ2) is 11.8. The second-order valence-corrected chi connectivity index (χ2v) is 8.43. The van der Waals surface area contributed by atoms with Crippen LogP contribution < -0.4 is 15.1 Å². The highest BCUT2D eigenvalue weighted by Gasteiger charge is 2.11. The number of anilines is 1. The zero-order valence-electron chi connectivity index (χ0n) is 20.9. The van der Waals surface area contributed by atoms with Gasteiger partial charge in [0.25, 0.3) is 5.91 Å². The lowest BCUT2D eigenvalue weighted by Gasteiger charge is -2.20. The minimum Gasteiger partial charge on any atom is -0.489 e. The van der Waals surface area contributed by atoms with E-state index in [1.807, 2.05) is 36.4 Å². The van der Waals surface area contributed by atoms with Crippen LogP contribution in [0.4, 0.5) is 5.69 Å². The zero-order valence-corrected chi connectivity index (χ0v) is 20.9. The molecule has 36 heavy (non-hydrogen) atoms. The monoisotopic (exact) mass is 481 g/mol. The standard InChI is InChI=1S/C29H31N5O2/c1-4-34(5-2)25-14-10-22(11-15-25)19-30-33-29(35)28-18-27(31-32-28)24-12-16-26(17-13-24)36-20-23-8-6-21(3)7-9-23/h6-19H,4-5,20H2,1-3H3,(H,31,32)(H,33,35)/b30-19-. The van der Waals surface area contributed by atoms with Gasteiger partial charge in [-0.1, -0.05) is 42.0 Å². The van der Waals surface area contributed by atoms with Gasteiger partial charge < -0.3 is 9.64 Å². The van der Waals surface area contributed by atoms with Gasteiger partial charge in [0.05, 0.1) is 11.9 Å². The Morgan fingerprint density at radius 2 is 1.69 bits per heavy atom. The molecule has 184 valence electrons. The lowest BCUT2D eigenvalue weighted by atomic mass is 10.1. The van der Waals surface area contributed by atoms with Crippen LogP contribution >= 0.6 is 0 Å². The molecule has 0 spiro atoms. The van der Waals surface area contributed by atoms with Gasteiger partial charge in [0.2, 0.25) is 0 Å². The first kappa shape index (κ1) is 24.7. The number of rotatable bonds is 10. The van der Waals surface area contributed by atoms with Gasteiger partial charge in [-0.25, -0.2) is 5.43 Å². The third-order valence-electron chi connectivity index (χ3n) is 5.90. The molecule has 0 bridgehead atoms. The molecule has 0 aliphatic carbocycles. The minimum absolute atomic E-state index is 0.332. The summed E-state index contributed by atoms with van der Waals surface area (Å²) in [4.78, 5) is 14.7. The number of hydrazone groups is 1. The summed E-state index contributed by atoms with van der Waals surface area (Å²) >= 11 is 0. The molecule has 7 heteroatoms. The van der Waals surface area contributed by atoms with Crippen molar-refractivity contribution < 1.29 is 9.53 Å². The third kappa shape index (κ3) is 6.39. The number of hydrogen-bond donors (Lipinski definition) is 2. The van der Waals surface area contributed by atoms with Crippen LogP contribution in [-0.2, 0) is 6.61 Å². The molecule has 0 atom stereocenters. The highest BCUT2D eigenvalue weighted by molar-refractivity contribution is 5.94. The van der Waals surface area contributed by atoms with Gasteiger partial charge in [0.15, 0.2) is 0 Å². The van der Waals surface area contributed by atoms with E-state index in [0.717, 1.165) is 41.2 Å². The van der Waals surface area contributed by atoms with Crippen molar-refractivity contribution in [3.8, 4) is 17.0 Å². The smallest absolute Gasteiger partial charge is 0.289 e. The number of hydrogen-bond acceptors (Lipinski definition) is 5. The number of ether oxygens (including phenoxy) is 1. The summed E-state index contributed by atoms with van der Waals surface area (Å²) in [6.07, 6.45) is 1.62. The van der Waals surface area contributed by atoms with Gasteiger partial charge in [-0.05, 0) is 74.4 Å². The lowest BCUT2D eigenvalue weighted by Crippen LogP contribution is -2.21. The molecule has 1 amide bonds. The van der Waals surface area contributed by atoms with Gasteiger partial charge in [-0.2, -0.15) is 10.2 Å². The molecule has 0 unspecified atom stereocenters. The van der Waals surface area contributed by atoms with Crippen LogP contribution in [0.3, 0.4) is 0 Å². The number of amides is 1. The van der Waals surface area contributed by atoms with E-state index in [2.05, 4.69) is 82.8 Å². The van der Waals surface area contributed by atoms with Crippen LogP contribution in [0.1, 0.15) is 41.0 Å². The fraction of sp³-hybridized carbons (Fsp3) is 0.207. The van der Waals surface area contributed by atoms with Crippen LogP contribution in [-0.4, -0.2) is 35.4 Å². The van der Waals surface area contributed by atoms with Gasteiger partial charge in [-0.15, -0.1) is 0 Å². The van der Waals surface area contributed by atoms with Crippen molar-refractivity contribution in [2.75, 3.05) is 18.0 Å². The van der Waals surface area contributed by atoms with Gasteiger partial charge >= 0.3 is 0 Å². The highest BCUT2D eigenvalue weighted by atomic mass is 16.5. The summed E-state index contributed by atoms with van der Waals surface area (Å²) in [5.41, 5.74) is 8.84. The highest BCUT2D eigenvalue weighted by Crippen LogP contribution is 2.22. The predicted octanol–water partition coefficient (Wildman–Crippen LogP) is 5.57. The van der Waals surface area contributed by atoms with Gasteiger partial charge in [0.1, 0.15) is 18.1 Å². The zero-order chi connectivity index (χ0) is 25.3. The molecule has 0 saturated carbocycles. The maximum Gasteiger partial charge on any atom is 0.289 e. The molecule has 4 rings (SSSR count). The summed E-state index contributed by atoms with van der Waals surface area (Å²) in [6.45, 7) is 8.75. The van der Waals surface area contributed by atoms with Crippen molar-refractivity contribution in [3.05, 3.63) is 101 Å². The van der Waals surface area contributed by atoms with E-state index in [4.69, 9.17) is 4.74 Å². The van der Waals surface area contributed by atoms with E-state index in [1.54, 1.807) is 12.3 Å². The number of carbonyl (C=O) groups is 1. The molecule has 3 aromatic carbocycles. The summed E-state index contributed by atoms with van der Waals surface area (Å²) in [5.74, 6) is 0.412.